The van der Waals surface area contributed by atoms with Crippen LogP contribution in [0.5, 0.6) is 0 Å². The molecule has 0 aliphatic heterocycles. The second kappa shape index (κ2) is 5.31. The van der Waals surface area contributed by atoms with Gasteiger partial charge in [0, 0.05) is 18.7 Å². The minimum absolute atomic E-state index is 0.289. The number of nitrogens with two attached hydrogens (primary N) is 1. The predicted octanol–water partition coefficient (Wildman–Crippen LogP) is 1.19. The van der Waals surface area contributed by atoms with Gasteiger partial charge in [-0.05, 0) is 31.6 Å². The molecule has 1 saturated carbocycles. The van der Waals surface area contributed by atoms with Gasteiger partial charge in [0.1, 0.15) is 18.0 Å². The van der Waals surface area contributed by atoms with Crippen LogP contribution in [-0.2, 0) is 0 Å². The van der Waals surface area contributed by atoms with Crippen molar-refractivity contribution in [2.75, 3.05) is 24.2 Å². The van der Waals surface area contributed by atoms with Crippen LogP contribution in [0.1, 0.15) is 24.8 Å². The summed E-state index contributed by atoms with van der Waals surface area (Å²) >= 11 is 0. The zero-order valence-electron chi connectivity index (χ0n) is 10.2. The molecule has 0 bridgehead atoms. The summed E-state index contributed by atoms with van der Waals surface area (Å²) in [6.07, 6.45) is 5.00. The maximum atomic E-state index is 9.26. The molecule has 1 heterocycles. The van der Waals surface area contributed by atoms with Crippen LogP contribution < -0.4 is 11.1 Å². The van der Waals surface area contributed by atoms with Crippen LogP contribution in [0.3, 0.4) is 0 Å². The first-order valence-corrected chi connectivity index (χ1v) is 6.14. The number of hydrogen-bond acceptors (Lipinski definition) is 5. The third-order valence-corrected chi connectivity index (χ3v) is 3.71. The molecule has 5 heteroatoms. The third kappa shape index (κ3) is 2.66. The Kier molecular flexibility index (Phi) is 3.78. The van der Waals surface area contributed by atoms with Gasteiger partial charge >= 0.3 is 0 Å². The molecule has 2 unspecified atom stereocenters. The van der Waals surface area contributed by atoms with Crippen molar-refractivity contribution in [3.05, 3.63) is 11.9 Å². The summed E-state index contributed by atoms with van der Waals surface area (Å²) in [5.74, 6) is 2.30. The fourth-order valence-electron chi connectivity index (χ4n) is 2.49. The highest BCUT2D eigenvalue weighted by molar-refractivity contribution is 5.53. The highest BCUT2D eigenvalue weighted by Crippen LogP contribution is 2.31. The SMILES string of the molecule is Cc1c(N)ncnc1NCC1CCCC1CO. The lowest BCUT2D eigenvalue weighted by Crippen LogP contribution is -2.21. The van der Waals surface area contributed by atoms with Crippen molar-refractivity contribution >= 4 is 11.6 Å². The van der Waals surface area contributed by atoms with E-state index in [9.17, 15) is 5.11 Å². The van der Waals surface area contributed by atoms with Gasteiger partial charge in [0.2, 0.25) is 0 Å². The van der Waals surface area contributed by atoms with E-state index in [1.54, 1.807) is 0 Å². The predicted molar refractivity (Wildman–Crippen MR) is 67.6 cm³/mol. The van der Waals surface area contributed by atoms with Crippen molar-refractivity contribution in [3.63, 3.8) is 0 Å². The summed E-state index contributed by atoms with van der Waals surface area (Å²) < 4.78 is 0. The van der Waals surface area contributed by atoms with Gasteiger partial charge in [0.15, 0.2) is 0 Å². The van der Waals surface area contributed by atoms with E-state index in [1.165, 1.54) is 19.2 Å². The number of anilines is 2. The van der Waals surface area contributed by atoms with Crippen LogP contribution in [0, 0.1) is 18.8 Å². The summed E-state index contributed by atoms with van der Waals surface area (Å²) in [5.41, 5.74) is 6.62. The highest BCUT2D eigenvalue weighted by atomic mass is 16.3. The Balaban J connectivity index is 1.95. The Hall–Kier alpha value is -1.36. The van der Waals surface area contributed by atoms with Crippen molar-refractivity contribution in [2.45, 2.75) is 26.2 Å². The molecule has 0 saturated heterocycles. The van der Waals surface area contributed by atoms with Gasteiger partial charge in [-0.2, -0.15) is 0 Å². The highest BCUT2D eigenvalue weighted by Gasteiger charge is 2.26. The molecule has 1 aromatic rings. The summed E-state index contributed by atoms with van der Waals surface area (Å²) in [5, 5.41) is 12.6. The Labute approximate surface area is 101 Å². The molecule has 2 atom stereocenters. The molecule has 0 spiro atoms. The summed E-state index contributed by atoms with van der Waals surface area (Å²) in [4.78, 5) is 8.12. The lowest BCUT2D eigenvalue weighted by atomic mass is 9.97. The van der Waals surface area contributed by atoms with Gasteiger partial charge in [-0.1, -0.05) is 6.42 Å². The number of aliphatic hydroxyl groups excluding tert-OH is 1. The number of nitrogen functional groups attached to an aromatic ring is 1. The first-order valence-electron chi connectivity index (χ1n) is 6.14. The maximum absolute atomic E-state index is 9.26. The lowest BCUT2D eigenvalue weighted by molar-refractivity contribution is 0.199. The first kappa shape index (κ1) is 12.1. The number of aromatic nitrogens is 2. The number of nitrogens with zero attached hydrogens (tertiary/aromatic N) is 2. The Morgan fingerprint density at radius 3 is 2.94 bits per heavy atom. The smallest absolute Gasteiger partial charge is 0.134 e. The van der Waals surface area contributed by atoms with Crippen molar-refractivity contribution in [1.82, 2.24) is 9.97 Å². The molecule has 5 nitrogen and oxygen atoms in total. The molecule has 2 rings (SSSR count). The van der Waals surface area contributed by atoms with E-state index < -0.39 is 0 Å². The van der Waals surface area contributed by atoms with E-state index in [4.69, 9.17) is 5.73 Å². The number of hydrogen-bond donors (Lipinski definition) is 3. The average molecular weight is 236 g/mol. The van der Waals surface area contributed by atoms with Crippen LogP contribution in [0.15, 0.2) is 6.33 Å². The van der Waals surface area contributed by atoms with Crippen molar-refractivity contribution in [3.8, 4) is 0 Å². The lowest BCUT2D eigenvalue weighted by Gasteiger charge is -2.18. The standard InChI is InChI=1S/C12H20N4O/c1-8-11(13)15-7-16-12(8)14-5-9-3-2-4-10(9)6-17/h7,9-10,17H,2-6H2,1H3,(H3,13,14,15,16). The Morgan fingerprint density at radius 1 is 1.41 bits per heavy atom. The monoisotopic (exact) mass is 236 g/mol. The summed E-state index contributed by atoms with van der Waals surface area (Å²) in [6.45, 7) is 3.05. The zero-order valence-corrected chi connectivity index (χ0v) is 10.2. The van der Waals surface area contributed by atoms with Crippen LogP contribution in [0.2, 0.25) is 0 Å². The number of aliphatic hydroxyl groups is 1. The number of nitrogens with one attached hydrogen (secondary N) is 1. The molecule has 4 N–H and O–H groups in total. The van der Waals surface area contributed by atoms with E-state index in [0.717, 1.165) is 24.3 Å². The molecular weight excluding hydrogens is 216 g/mol. The van der Waals surface area contributed by atoms with Gasteiger partial charge < -0.3 is 16.2 Å². The van der Waals surface area contributed by atoms with Gasteiger partial charge in [0.25, 0.3) is 0 Å². The molecule has 0 aromatic carbocycles. The fourth-order valence-corrected chi connectivity index (χ4v) is 2.49. The van der Waals surface area contributed by atoms with Crippen molar-refractivity contribution in [2.24, 2.45) is 11.8 Å². The molecule has 0 amide bonds. The topological polar surface area (TPSA) is 84.1 Å². The average Bonchev–Trinajstić information content (AvgIpc) is 2.78. The molecule has 1 aromatic heterocycles. The summed E-state index contributed by atoms with van der Waals surface area (Å²) in [6, 6.07) is 0. The van der Waals surface area contributed by atoms with E-state index in [1.807, 2.05) is 6.92 Å². The van der Waals surface area contributed by atoms with Crippen LogP contribution in [0.4, 0.5) is 11.6 Å². The fraction of sp³-hybridized carbons (Fsp3) is 0.667. The molecule has 1 aliphatic carbocycles. The van der Waals surface area contributed by atoms with Crippen LogP contribution >= 0.6 is 0 Å². The summed E-state index contributed by atoms with van der Waals surface area (Å²) in [7, 11) is 0. The van der Waals surface area contributed by atoms with E-state index in [-0.39, 0.29) is 6.61 Å². The van der Waals surface area contributed by atoms with Gasteiger partial charge in [-0.15, -0.1) is 0 Å². The quantitative estimate of drug-likeness (QED) is 0.731. The largest absolute Gasteiger partial charge is 0.396 e. The minimum Gasteiger partial charge on any atom is -0.396 e. The van der Waals surface area contributed by atoms with Crippen LogP contribution in [0.25, 0.3) is 0 Å². The second-order valence-corrected chi connectivity index (χ2v) is 4.75. The molecule has 1 fully saturated rings. The van der Waals surface area contributed by atoms with E-state index in [0.29, 0.717) is 17.7 Å². The number of rotatable bonds is 4. The normalized spacial score (nSPS) is 23.9. The molecule has 1 aliphatic rings. The second-order valence-electron chi connectivity index (χ2n) is 4.75. The van der Waals surface area contributed by atoms with E-state index >= 15 is 0 Å². The first-order chi connectivity index (χ1) is 8.22. The molecular formula is C12H20N4O. The molecule has 17 heavy (non-hydrogen) atoms. The minimum atomic E-state index is 0.289. The van der Waals surface area contributed by atoms with Gasteiger partial charge in [-0.25, -0.2) is 9.97 Å². The third-order valence-electron chi connectivity index (χ3n) is 3.71. The maximum Gasteiger partial charge on any atom is 0.134 e. The van der Waals surface area contributed by atoms with Crippen molar-refractivity contribution in [1.29, 1.82) is 0 Å². The van der Waals surface area contributed by atoms with E-state index in [2.05, 4.69) is 15.3 Å². The van der Waals surface area contributed by atoms with Crippen molar-refractivity contribution < 1.29 is 5.11 Å². The van der Waals surface area contributed by atoms with Crippen LogP contribution in [-0.4, -0.2) is 28.2 Å². The Bertz CT molecular complexity index is 383. The zero-order chi connectivity index (χ0) is 12.3. The Morgan fingerprint density at radius 2 is 2.18 bits per heavy atom. The van der Waals surface area contributed by atoms with Gasteiger partial charge in [-0.3, -0.25) is 0 Å². The molecule has 0 radical (unpaired) electrons. The molecule has 94 valence electrons. The van der Waals surface area contributed by atoms with Gasteiger partial charge in [0.05, 0.1) is 0 Å².